The van der Waals surface area contributed by atoms with Gasteiger partial charge in [0.1, 0.15) is 5.82 Å². The van der Waals surface area contributed by atoms with Gasteiger partial charge in [-0.15, -0.1) is 0 Å². The topological polar surface area (TPSA) is 30.2 Å². The van der Waals surface area contributed by atoms with Gasteiger partial charge in [-0.3, -0.25) is 4.40 Å². The van der Waals surface area contributed by atoms with Gasteiger partial charge in [0, 0.05) is 18.0 Å². The van der Waals surface area contributed by atoms with Crippen LogP contribution in [0.25, 0.3) is 17.0 Å². The largest absolute Gasteiger partial charge is 0.284 e. The van der Waals surface area contributed by atoms with Gasteiger partial charge in [-0.1, -0.05) is 0 Å². The van der Waals surface area contributed by atoms with Crippen LogP contribution in [0, 0.1) is 5.82 Å². The Kier molecular flexibility index (Phi) is 1.93. The van der Waals surface area contributed by atoms with E-state index in [-0.39, 0.29) is 5.82 Å². The van der Waals surface area contributed by atoms with Crippen LogP contribution in [0.3, 0.4) is 0 Å². The highest BCUT2D eigenvalue weighted by molar-refractivity contribution is 5.62. The first kappa shape index (κ1) is 9.03. The zero-order valence-corrected chi connectivity index (χ0v) is 8.34. The van der Waals surface area contributed by atoms with Crippen LogP contribution in [0.15, 0.2) is 48.9 Å². The molecule has 0 aliphatic rings. The molecule has 0 fully saturated rings. The summed E-state index contributed by atoms with van der Waals surface area (Å²) in [4.78, 5) is 8.30. The summed E-state index contributed by atoms with van der Waals surface area (Å²) >= 11 is 0. The van der Waals surface area contributed by atoms with Gasteiger partial charge in [0.2, 0.25) is 5.78 Å². The quantitative estimate of drug-likeness (QED) is 0.621. The molecule has 0 amide bonds. The van der Waals surface area contributed by atoms with Crippen molar-refractivity contribution in [3.8, 4) is 11.3 Å². The van der Waals surface area contributed by atoms with Gasteiger partial charge in [0.15, 0.2) is 0 Å². The van der Waals surface area contributed by atoms with Gasteiger partial charge in [-0.05, 0) is 30.3 Å². The molecule has 0 aliphatic heterocycles. The number of rotatable bonds is 1. The fourth-order valence-electron chi connectivity index (χ4n) is 1.66. The summed E-state index contributed by atoms with van der Waals surface area (Å²) < 4.78 is 14.7. The molecule has 0 aliphatic carbocycles. The Bertz CT molecular complexity index is 628. The molecule has 16 heavy (non-hydrogen) atoms. The fraction of sp³-hybridized carbons (Fsp3) is 0. The maximum absolute atomic E-state index is 12.8. The number of imidazole rings is 1. The predicted molar refractivity (Wildman–Crippen MR) is 58.4 cm³/mol. The predicted octanol–water partition coefficient (Wildman–Crippen LogP) is 2.54. The average molecular weight is 213 g/mol. The first-order valence-corrected chi connectivity index (χ1v) is 4.88. The van der Waals surface area contributed by atoms with Crippen molar-refractivity contribution in [3.05, 3.63) is 54.7 Å². The first-order valence-electron chi connectivity index (χ1n) is 4.88. The Morgan fingerprint density at radius 3 is 2.69 bits per heavy atom. The fourth-order valence-corrected chi connectivity index (χ4v) is 1.66. The zero-order chi connectivity index (χ0) is 11.0. The summed E-state index contributed by atoms with van der Waals surface area (Å²) in [6.45, 7) is 0. The number of benzene rings is 1. The zero-order valence-electron chi connectivity index (χ0n) is 8.34. The van der Waals surface area contributed by atoms with E-state index in [1.54, 1.807) is 24.5 Å². The summed E-state index contributed by atoms with van der Waals surface area (Å²) in [6.07, 6.45) is 5.31. The van der Waals surface area contributed by atoms with Gasteiger partial charge in [0.05, 0.1) is 11.9 Å². The summed E-state index contributed by atoms with van der Waals surface area (Å²) in [5.74, 6) is 0.400. The van der Waals surface area contributed by atoms with Crippen molar-refractivity contribution < 1.29 is 4.39 Å². The van der Waals surface area contributed by atoms with Crippen molar-refractivity contribution in [2.75, 3.05) is 0 Å². The smallest absolute Gasteiger partial charge is 0.234 e. The molecule has 1 aromatic carbocycles. The van der Waals surface area contributed by atoms with Gasteiger partial charge < -0.3 is 0 Å². The summed E-state index contributed by atoms with van der Waals surface area (Å²) in [6, 6.07) is 8.16. The first-order chi connectivity index (χ1) is 7.84. The van der Waals surface area contributed by atoms with E-state index in [0.717, 1.165) is 11.3 Å². The second-order valence-corrected chi connectivity index (χ2v) is 3.44. The minimum absolute atomic E-state index is 0.240. The van der Waals surface area contributed by atoms with E-state index < -0.39 is 0 Å². The van der Waals surface area contributed by atoms with Crippen molar-refractivity contribution >= 4 is 5.78 Å². The van der Waals surface area contributed by atoms with Crippen LogP contribution in [0.1, 0.15) is 0 Å². The molecule has 0 unspecified atom stereocenters. The lowest BCUT2D eigenvalue weighted by molar-refractivity contribution is 0.628. The van der Waals surface area contributed by atoms with E-state index >= 15 is 0 Å². The summed E-state index contributed by atoms with van der Waals surface area (Å²) in [5.41, 5.74) is 1.82. The second-order valence-electron chi connectivity index (χ2n) is 3.44. The Balaban J connectivity index is 2.22. The third-order valence-corrected chi connectivity index (χ3v) is 2.43. The van der Waals surface area contributed by atoms with Gasteiger partial charge >= 0.3 is 0 Å². The van der Waals surface area contributed by atoms with Crippen LogP contribution in [-0.4, -0.2) is 14.4 Å². The van der Waals surface area contributed by atoms with Crippen LogP contribution >= 0.6 is 0 Å². The van der Waals surface area contributed by atoms with E-state index in [2.05, 4.69) is 9.97 Å². The molecule has 0 saturated heterocycles. The van der Waals surface area contributed by atoms with Crippen molar-refractivity contribution in [1.82, 2.24) is 14.4 Å². The minimum Gasteiger partial charge on any atom is -0.284 e. The summed E-state index contributed by atoms with van der Waals surface area (Å²) in [7, 11) is 0. The number of nitrogens with zero attached hydrogens (tertiary/aromatic N) is 3. The molecule has 0 radical (unpaired) electrons. The lowest BCUT2D eigenvalue weighted by Gasteiger charge is -2.00. The molecule has 0 atom stereocenters. The third kappa shape index (κ3) is 1.35. The molecule has 0 N–H and O–H groups in total. The average Bonchev–Trinajstić information content (AvgIpc) is 2.74. The Hall–Kier alpha value is -2.23. The maximum Gasteiger partial charge on any atom is 0.234 e. The molecular formula is C12H8FN3. The van der Waals surface area contributed by atoms with E-state index in [1.165, 1.54) is 12.1 Å². The highest BCUT2D eigenvalue weighted by Crippen LogP contribution is 2.19. The van der Waals surface area contributed by atoms with Gasteiger partial charge in [-0.25, -0.2) is 14.4 Å². The van der Waals surface area contributed by atoms with Crippen LogP contribution in [0.2, 0.25) is 0 Å². The highest BCUT2D eigenvalue weighted by atomic mass is 19.1. The Labute approximate surface area is 91.2 Å². The normalized spacial score (nSPS) is 10.8. The highest BCUT2D eigenvalue weighted by Gasteiger charge is 2.05. The number of hydrogen-bond donors (Lipinski definition) is 0. The standard InChI is InChI=1S/C12H8FN3/c13-10-4-2-9(3-5-10)11-8-15-12-14-6-1-7-16(11)12/h1-8H. The van der Waals surface area contributed by atoms with Crippen molar-refractivity contribution in [1.29, 1.82) is 0 Å². The maximum atomic E-state index is 12.8. The van der Waals surface area contributed by atoms with E-state index in [1.807, 2.05) is 16.7 Å². The molecule has 3 rings (SSSR count). The number of fused-ring (bicyclic) bond motifs is 1. The molecule has 3 nitrogen and oxygen atoms in total. The van der Waals surface area contributed by atoms with Crippen molar-refractivity contribution in [3.63, 3.8) is 0 Å². The number of aromatic nitrogens is 3. The van der Waals surface area contributed by atoms with Crippen LogP contribution in [-0.2, 0) is 0 Å². The summed E-state index contributed by atoms with van der Waals surface area (Å²) in [5, 5.41) is 0. The molecule has 3 aromatic rings. The number of hydrogen-bond acceptors (Lipinski definition) is 2. The van der Waals surface area contributed by atoms with Crippen molar-refractivity contribution in [2.24, 2.45) is 0 Å². The SMILES string of the molecule is Fc1ccc(-c2cnc3ncccn23)cc1. The van der Waals surface area contributed by atoms with Gasteiger partial charge in [-0.2, -0.15) is 0 Å². The third-order valence-electron chi connectivity index (χ3n) is 2.43. The van der Waals surface area contributed by atoms with Crippen LogP contribution in [0.4, 0.5) is 4.39 Å². The molecule has 0 spiro atoms. The van der Waals surface area contributed by atoms with E-state index in [4.69, 9.17) is 0 Å². The number of halogens is 1. The van der Waals surface area contributed by atoms with E-state index in [9.17, 15) is 4.39 Å². The van der Waals surface area contributed by atoms with Gasteiger partial charge in [0.25, 0.3) is 0 Å². The molecule has 0 saturated carbocycles. The molecule has 78 valence electrons. The molecule has 2 heterocycles. The van der Waals surface area contributed by atoms with E-state index in [0.29, 0.717) is 5.78 Å². The molecule has 2 aromatic heterocycles. The minimum atomic E-state index is -0.240. The Morgan fingerprint density at radius 2 is 1.88 bits per heavy atom. The van der Waals surface area contributed by atoms with Crippen LogP contribution < -0.4 is 0 Å². The Morgan fingerprint density at radius 1 is 1.06 bits per heavy atom. The molecular weight excluding hydrogens is 205 g/mol. The lowest BCUT2D eigenvalue weighted by atomic mass is 10.2. The molecule has 4 heteroatoms. The lowest BCUT2D eigenvalue weighted by Crippen LogP contribution is -1.89. The second kappa shape index (κ2) is 3.41. The monoisotopic (exact) mass is 213 g/mol. The van der Waals surface area contributed by atoms with Crippen LogP contribution in [0.5, 0.6) is 0 Å². The molecule has 0 bridgehead atoms. The van der Waals surface area contributed by atoms with Crippen molar-refractivity contribution in [2.45, 2.75) is 0 Å².